The SMILES string of the molecule is CNc1cc(C(=O)OC)ccc1C(C)CCl. The monoisotopic (exact) mass is 241 g/mol. The van der Waals surface area contributed by atoms with E-state index < -0.39 is 0 Å². The van der Waals surface area contributed by atoms with Crippen LogP contribution >= 0.6 is 11.6 Å². The van der Waals surface area contributed by atoms with Gasteiger partial charge in [-0.25, -0.2) is 4.79 Å². The molecule has 0 fully saturated rings. The highest BCUT2D eigenvalue weighted by Crippen LogP contribution is 2.26. The summed E-state index contributed by atoms with van der Waals surface area (Å²) in [6.07, 6.45) is 0. The third kappa shape index (κ3) is 2.67. The number of carbonyl (C=O) groups excluding carboxylic acids is 1. The fourth-order valence-corrected chi connectivity index (χ4v) is 1.70. The lowest BCUT2D eigenvalue weighted by molar-refractivity contribution is 0.0601. The average molecular weight is 242 g/mol. The van der Waals surface area contributed by atoms with E-state index in [0.717, 1.165) is 11.3 Å². The Morgan fingerprint density at radius 2 is 2.25 bits per heavy atom. The van der Waals surface area contributed by atoms with Crippen LogP contribution in [0.5, 0.6) is 0 Å². The number of esters is 1. The van der Waals surface area contributed by atoms with Crippen molar-refractivity contribution in [3.8, 4) is 0 Å². The Morgan fingerprint density at radius 3 is 2.75 bits per heavy atom. The van der Waals surface area contributed by atoms with Crippen LogP contribution in [-0.2, 0) is 4.74 Å². The molecule has 0 aliphatic heterocycles. The summed E-state index contributed by atoms with van der Waals surface area (Å²) in [7, 11) is 3.19. The van der Waals surface area contributed by atoms with E-state index in [2.05, 4.69) is 10.1 Å². The second-order valence-corrected chi connectivity index (χ2v) is 3.91. The second-order valence-electron chi connectivity index (χ2n) is 3.60. The topological polar surface area (TPSA) is 38.3 Å². The van der Waals surface area contributed by atoms with Crippen LogP contribution in [0, 0.1) is 0 Å². The van der Waals surface area contributed by atoms with Crippen molar-refractivity contribution in [3.05, 3.63) is 29.3 Å². The van der Waals surface area contributed by atoms with E-state index in [1.54, 1.807) is 12.1 Å². The lowest BCUT2D eigenvalue weighted by Gasteiger charge is -2.14. The van der Waals surface area contributed by atoms with Crippen molar-refractivity contribution in [2.75, 3.05) is 25.4 Å². The molecule has 0 aliphatic carbocycles. The number of ether oxygens (including phenoxy) is 1. The minimum atomic E-state index is -0.332. The van der Waals surface area contributed by atoms with Gasteiger partial charge in [0.05, 0.1) is 12.7 Å². The predicted octanol–water partition coefficient (Wildman–Crippen LogP) is 2.86. The fraction of sp³-hybridized carbons (Fsp3) is 0.417. The van der Waals surface area contributed by atoms with E-state index in [0.29, 0.717) is 11.4 Å². The molecule has 1 N–H and O–H groups in total. The van der Waals surface area contributed by atoms with Crippen LogP contribution in [0.15, 0.2) is 18.2 Å². The Balaban J connectivity index is 3.11. The van der Waals surface area contributed by atoms with Gasteiger partial charge in [-0.15, -0.1) is 11.6 Å². The maximum absolute atomic E-state index is 11.4. The number of methoxy groups -OCH3 is 1. The summed E-state index contributed by atoms with van der Waals surface area (Å²) in [5, 5.41) is 3.06. The largest absolute Gasteiger partial charge is 0.465 e. The summed E-state index contributed by atoms with van der Waals surface area (Å²) in [5.41, 5.74) is 2.55. The number of hydrogen-bond acceptors (Lipinski definition) is 3. The van der Waals surface area contributed by atoms with Gasteiger partial charge in [0.1, 0.15) is 0 Å². The molecule has 88 valence electrons. The number of alkyl halides is 1. The molecule has 1 unspecified atom stereocenters. The molecule has 1 atom stereocenters. The lowest BCUT2D eigenvalue weighted by Crippen LogP contribution is -2.06. The Labute approximate surface area is 101 Å². The van der Waals surface area contributed by atoms with Crippen molar-refractivity contribution < 1.29 is 9.53 Å². The van der Waals surface area contributed by atoms with Crippen molar-refractivity contribution in [1.29, 1.82) is 0 Å². The molecule has 3 nitrogen and oxygen atoms in total. The van der Waals surface area contributed by atoms with E-state index >= 15 is 0 Å². The predicted molar refractivity (Wildman–Crippen MR) is 66.5 cm³/mol. The molecule has 0 saturated carbocycles. The number of hydrogen-bond donors (Lipinski definition) is 1. The van der Waals surface area contributed by atoms with Crippen LogP contribution in [0.2, 0.25) is 0 Å². The first-order valence-corrected chi connectivity index (χ1v) is 5.63. The molecule has 0 bridgehead atoms. The van der Waals surface area contributed by atoms with Crippen molar-refractivity contribution in [1.82, 2.24) is 0 Å². The highest BCUT2D eigenvalue weighted by molar-refractivity contribution is 6.18. The normalized spacial score (nSPS) is 12.0. The third-order valence-corrected chi connectivity index (χ3v) is 2.97. The number of benzene rings is 1. The van der Waals surface area contributed by atoms with Gasteiger partial charge in [-0.3, -0.25) is 0 Å². The van der Waals surface area contributed by atoms with Gasteiger partial charge in [0.2, 0.25) is 0 Å². The van der Waals surface area contributed by atoms with E-state index in [9.17, 15) is 4.79 Å². The third-order valence-electron chi connectivity index (χ3n) is 2.51. The van der Waals surface area contributed by atoms with Crippen molar-refractivity contribution in [2.45, 2.75) is 12.8 Å². The van der Waals surface area contributed by atoms with Crippen LogP contribution in [-0.4, -0.2) is 26.0 Å². The van der Waals surface area contributed by atoms with Gasteiger partial charge in [0, 0.05) is 18.6 Å². The summed E-state index contributed by atoms with van der Waals surface area (Å²) < 4.78 is 4.67. The first-order valence-electron chi connectivity index (χ1n) is 5.10. The van der Waals surface area contributed by atoms with E-state index in [1.807, 2.05) is 20.0 Å². The van der Waals surface area contributed by atoms with E-state index in [4.69, 9.17) is 11.6 Å². The summed E-state index contributed by atoms with van der Waals surface area (Å²) in [4.78, 5) is 11.4. The van der Waals surface area contributed by atoms with Crippen molar-refractivity contribution in [3.63, 3.8) is 0 Å². The Hall–Kier alpha value is -1.22. The summed E-state index contributed by atoms with van der Waals surface area (Å²) in [6, 6.07) is 5.44. The molecule has 0 radical (unpaired) electrons. The minimum Gasteiger partial charge on any atom is -0.465 e. The Bertz CT molecular complexity index is 379. The van der Waals surface area contributed by atoms with Crippen LogP contribution in [0.3, 0.4) is 0 Å². The first kappa shape index (κ1) is 12.8. The van der Waals surface area contributed by atoms with Gasteiger partial charge < -0.3 is 10.1 Å². The molecule has 0 saturated heterocycles. The van der Waals surface area contributed by atoms with Gasteiger partial charge in [-0.2, -0.15) is 0 Å². The number of anilines is 1. The average Bonchev–Trinajstić information content (AvgIpc) is 2.35. The summed E-state index contributed by atoms with van der Waals surface area (Å²) >= 11 is 5.83. The van der Waals surface area contributed by atoms with Gasteiger partial charge in [0.25, 0.3) is 0 Å². The number of rotatable bonds is 4. The number of nitrogens with one attached hydrogen (secondary N) is 1. The lowest BCUT2D eigenvalue weighted by atomic mass is 9.99. The molecule has 1 aromatic rings. The highest BCUT2D eigenvalue weighted by Gasteiger charge is 2.12. The molecular formula is C12H16ClNO2. The zero-order chi connectivity index (χ0) is 12.1. The van der Waals surface area contributed by atoms with Crippen LogP contribution in [0.1, 0.15) is 28.8 Å². The van der Waals surface area contributed by atoms with E-state index in [-0.39, 0.29) is 11.9 Å². The maximum Gasteiger partial charge on any atom is 0.337 e. The molecule has 4 heteroatoms. The molecule has 0 aromatic heterocycles. The van der Waals surface area contributed by atoms with Gasteiger partial charge in [-0.05, 0) is 23.6 Å². The molecule has 0 spiro atoms. The second kappa shape index (κ2) is 5.75. The molecule has 1 aromatic carbocycles. The standard InChI is InChI=1S/C12H16ClNO2/c1-8(7-13)10-5-4-9(12(15)16-3)6-11(10)14-2/h4-6,8,14H,7H2,1-3H3. The maximum atomic E-state index is 11.4. The molecule has 0 amide bonds. The molecule has 16 heavy (non-hydrogen) atoms. The van der Waals surface area contributed by atoms with Gasteiger partial charge in [0.15, 0.2) is 0 Å². The molecule has 1 rings (SSSR count). The van der Waals surface area contributed by atoms with Crippen molar-refractivity contribution in [2.24, 2.45) is 0 Å². The zero-order valence-electron chi connectivity index (χ0n) is 9.71. The highest BCUT2D eigenvalue weighted by atomic mass is 35.5. The first-order chi connectivity index (χ1) is 7.63. The Morgan fingerprint density at radius 1 is 1.56 bits per heavy atom. The smallest absolute Gasteiger partial charge is 0.337 e. The Kier molecular flexibility index (Phi) is 4.62. The number of halogens is 1. The van der Waals surface area contributed by atoms with Crippen LogP contribution < -0.4 is 5.32 Å². The van der Waals surface area contributed by atoms with Gasteiger partial charge >= 0.3 is 5.97 Å². The van der Waals surface area contributed by atoms with E-state index in [1.165, 1.54) is 7.11 Å². The quantitative estimate of drug-likeness (QED) is 0.651. The zero-order valence-corrected chi connectivity index (χ0v) is 10.5. The van der Waals surface area contributed by atoms with Crippen molar-refractivity contribution >= 4 is 23.3 Å². The summed E-state index contributed by atoms with van der Waals surface area (Å²) in [6.45, 7) is 2.04. The van der Waals surface area contributed by atoms with Gasteiger partial charge in [-0.1, -0.05) is 13.0 Å². The van der Waals surface area contributed by atoms with Crippen LogP contribution in [0.25, 0.3) is 0 Å². The molecule has 0 aliphatic rings. The number of carbonyl (C=O) groups is 1. The molecule has 0 heterocycles. The van der Waals surface area contributed by atoms with Crippen LogP contribution in [0.4, 0.5) is 5.69 Å². The molecular weight excluding hydrogens is 226 g/mol. The minimum absolute atomic E-state index is 0.246. The summed E-state index contributed by atoms with van der Waals surface area (Å²) in [5.74, 6) is 0.462. The fourth-order valence-electron chi connectivity index (χ4n) is 1.53.